The molecule has 1 aromatic rings. The van der Waals surface area contributed by atoms with Crippen molar-refractivity contribution in [3.63, 3.8) is 0 Å². The minimum Gasteiger partial charge on any atom is -0.344 e. The molecule has 0 heterocycles. The molecule has 1 rings (SSSR count). The zero-order chi connectivity index (χ0) is 15.2. The van der Waals surface area contributed by atoms with Gasteiger partial charge in [-0.05, 0) is 23.1 Å². The van der Waals surface area contributed by atoms with Crippen molar-refractivity contribution in [2.75, 3.05) is 13.1 Å². The number of rotatable bonds is 5. The van der Waals surface area contributed by atoms with E-state index in [1.165, 1.54) is 12.1 Å². The first-order valence-electron chi connectivity index (χ1n) is 6.53. The van der Waals surface area contributed by atoms with Gasteiger partial charge in [0, 0.05) is 6.04 Å². The lowest BCUT2D eigenvalue weighted by atomic mass is 9.82. The van der Waals surface area contributed by atoms with Crippen LogP contribution in [-0.2, 0) is 4.79 Å². The molecule has 4 heteroatoms. The molecule has 0 unspecified atom stereocenters. The lowest BCUT2D eigenvalue weighted by Gasteiger charge is -2.32. The van der Waals surface area contributed by atoms with Crippen molar-refractivity contribution in [3.05, 3.63) is 35.6 Å². The predicted molar refractivity (Wildman–Crippen MR) is 78.4 cm³/mol. The van der Waals surface area contributed by atoms with Crippen molar-refractivity contribution in [2.24, 2.45) is 5.41 Å². The zero-order valence-electron chi connectivity index (χ0n) is 12.2. The van der Waals surface area contributed by atoms with E-state index in [0.717, 1.165) is 5.56 Å². The molecule has 20 heavy (non-hydrogen) atoms. The van der Waals surface area contributed by atoms with Gasteiger partial charge < -0.3 is 10.6 Å². The average molecular weight is 276 g/mol. The Bertz CT molecular complexity index is 483. The van der Waals surface area contributed by atoms with Gasteiger partial charge in [0.15, 0.2) is 0 Å². The Labute approximate surface area is 120 Å². The zero-order valence-corrected chi connectivity index (χ0v) is 12.2. The van der Waals surface area contributed by atoms with Crippen molar-refractivity contribution in [3.8, 4) is 12.3 Å². The molecule has 1 amide bonds. The van der Waals surface area contributed by atoms with E-state index in [9.17, 15) is 9.18 Å². The predicted octanol–water partition coefficient (Wildman–Crippen LogP) is 2.25. The van der Waals surface area contributed by atoms with Gasteiger partial charge in [-0.3, -0.25) is 4.79 Å². The number of hydrogen-bond acceptors (Lipinski definition) is 2. The Morgan fingerprint density at radius 3 is 2.45 bits per heavy atom. The normalized spacial score (nSPS) is 12.6. The summed E-state index contributed by atoms with van der Waals surface area (Å²) in [6.45, 7) is 6.58. The summed E-state index contributed by atoms with van der Waals surface area (Å²) in [7, 11) is 0. The maximum absolute atomic E-state index is 13.0. The first kappa shape index (κ1) is 16.2. The van der Waals surface area contributed by atoms with Crippen LogP contribution in [-0.4, -0.2) is 19.0 Å². The summed E-state index contributed by atoms with van der Waals surface area (Å²) in [6.07, 6.45) is 5.09. The number of carbonyl (C=O) groups is 1. The number of halogens is 1. The fourth-order valence-electron chi connectivity index (χ4n) is 1.99. The van der Waals surface area contributed by atoms with Crippen LogP contribution in [0.4, 0.5) is 4.39 Å². The molecule has 0 saturated heterocycles. The van der Waals surface area contributed by atoms with Gasteiger partial charge in [0.1, 0.15) is 5.82 Å². The second-order valence-electron chi connectivity index (χ2n) is 5.71. The first-order valence-corrected chi connectivity index (χ1v) is 6.53. The number of benzene rings is 1. The third-order valence-corrected chi connectivity index (χ3v) is 2.92. The highest BCUT2D eigenvalue weighted by molar-refractivity contribution is 5.78. The minimum atomic E-state index is -0.270. The van der Waals surface area contributed by atoms with Crippen LogP contribution in [0.25, 0.3) is 0 Å². The van der Waals surface area contributed by atoms with Crippen LogP contribution in [0.3, 0.4) is 0 Å². The summed E-state index contributed by atoms with van der Waals surface area (Å²) in [5.41, 5.74) is 0.841. The van der Waals surface area contributed by atoms with Crippen molar-refractivity contribution in [1.82, 2.24) is 10.6 Å². The fourth-order valence-corrected chi connectivity index (χ4v) is 1.99. The molecule has 0 saturated carbocycles. The Kier molecular flexibility index (Phi) is 5.72. The molecule has 1 aromatic carbocycles. The summed E-state index contributed by atoms with van der Waals surface area (Å²) in [6, 6.07) is 6.26. The Morgan fingerprint density at radius 2 is 1.95 bits per heavy atom. The SMILES string of the molecule is C#CCNC(=O)CN[C@H](c1ccc(F)cc1)C(C)(C)C. The largest absolute Gasteiger partial charge is 0.344 e. The Morgan fingerprint density at radius 1 is 1.35 bits per heavy atom. The van der Waals surface area contributed by atoms with E-state index in [1.807, 2.05) is 0 Å². The first-order chi connectivity index (χ1) is 9.34. The van der Waals surface area contributed by atoms with Crippen LogP contribution in [0.5, 0.6) is 0 Å². The molecule has 0 aliphatic carbocycles. The van der Waals surface area contributed by atoms with E-state index >= 15 is 0 Å². The van der Waals surface area contributed by atoms with Gasteiger partial charge in [0.05, 0.1) is 13.1 Å². The molecule has 3 nitrogen and oxygen atoms in total. The van der Waals surface area contributed by atoms with E-state index in [-0.39, 0.29) is 36.3 Å². The van der Waals surface area contributed by atoms with E-state index in [2.05, 4.69) is 37.3 Å². The number of amides is 1. The van der Waals surface area contributed by atoms with E-state index in [4.69, 9.17) is 6.42 Å². The molecule has 0 aromatic heterocycles. The van der Waals surface area contributed by atoms with Gasteiger partial charge in [-0.15, -0.1) is 6.42 Å². The summed E-state index contributed by atoms with van der Waals surface area (Å²) >= 11 is 0. The maximum Gasteiger partial charge on any atom is 0.234 e. The smallest absolute Gasteiger partial charge is 0.234 e. The monoisotopic (exact) mass is 276 g/mol. The average Bonchev–Trinajstić information content (AvgIpc) is 2.37. The second kappa shape index (κ2) is 7.06. The summed E-state index contributed by atoms with van der Waals surface area (Å²) in [4.78, 5) is 11.6. The van der Waals surface area contributed by atoms with Crippen LogP contribution in [0.15, 0.2) is 24.3 Å². The van der Waals surface area contributed by atoms with Gasteiger partial charge >= 0.3 is 0 Å². The van der Waals surface area contributed by atoms with Crippen molar-refractivity contribution in [1.29, 1.82) is 0 Å². The van der Waals surface area contributed by atoms with Crippen LogP contribution >= 0.6 is 0 Å². The lowest BCUT2D eigenvalue weighted by Crippen LogP contribution is -2.40. The molecular formula is C16H21FN2O. The molecule has 0 aliphatic rings. The highest BCUT2D eigenvalue weighted by Crippen LogP contribution is 2.32. The van der Waals surface area contributed by atoms with Crippen molar-refractivity contribution in [2.45, 2.75) is 26.8 Å². The van der Waals surface area contributed by atoms with Crippen LogP contribution in [0, 0.1) is 23.6 Å². The minimum absolute atomic E-state index is 0.0558. The molecule has 1 atom stereocenters. The van der Waals surface area contributed by atoms with E-state index in [0.29, 0.717) is 0 Å². The number of terminal acetylenes is 1. The number of hydrogen-bond donors (Lipinski definition) is 2. The molecule has 108 valence electrons. The fraction of sp³-hybridized carbons (Fsp3) is 0.438. The molecule has 0 spiro atoms. The standard InChI is InChI=1S/C16H21FN2O/c1-5-10-18-14(20)11-19-15(16(2,3)4)12-6-8-13(17)9-7-12/h1,6-9,15,19H,10-11H2,2-4H3,(H,18,20)/t15-/m1/s1. The van der Waals surface area contributed by atoms with Gasteiger partial charge in [0.2, 0.25) is 5.91 Å². The summed E-state index contributed by atoms with van der Waals surface area (Å²) in [5, 5.41) is 5.80. The lowest BCUT2D eigenvalue weighted by molar-refractivity contribution is -0.120. The third-order valence-electron chi connectivity index (χ3n) is 2.92. The van der Waals surface area contributed by atoms with Crippen molar-refractivity contribution >= 4 is 5.91 Å². The van der Waals surface area contributed by atoms with Gasteiger partial charge in [-0.2, -0.15) is 0 Å². The van der Waals surface area contributed by atoms with Crippen LogP contribution in [0.2, 0.25) is 0 Å². The van der Waals surface area contributed by atoms with E-state index < -0.39 is 0 Å². The molecule has 2 N–H and O–H groups in total. The highest BCUT2D eigenvalue weighted by atomic mass is 19.1. The number of carbonyl (C=O) groups excluding carboxylic acids is 1. The highest BCUT2D eigenvalue weighted by Gasteiger charge is 2.26. The van der Waals surface area contributed by atoms with Crippen molar-refractivity contribution < 1.29 is 9.18 Å². The third kappa shape index (κ3) is 5.02. The molecule has 0 radical (unpaired) electrons. The quantitative estimate of drug-likeness (QED) is 0.810. The Hall–Kier alpha value is -1.86. The van der Waals surface area contributed by atoms with E-state index in [1.54, 1.807) is 12.1 Å². The molecular weight excluding hydrogens is 255 g/mol. The van der Waals surface area contributed by atoms with Crippen LogP contribution in [0.1, 0.15) is 32.4 Å². The Balaban J connectivity index is 2.74. The molecule has 0 fully saturated rings. The molecule has 0 bridgehead atoms. The van der Waals surface area contributed by atoms with Gasteiger partial charge in [-0.1, -0.05) is 38.8 Å². The topological polar surface area (TPSA) is 41.1 Å². The van der Waals surface area contributed by atoms with Gasteiger partial charge in [-0.25, -0.2) is 4.39 Å². The van der Waals surface area contributed by atoms with Crippen LogP contribution < -0.4 is 10.6 Å². The second-order valence-corrected chi connectivity index (χ2v) is 5.71. The molecule has 0 aliphatic heterocycles. The summed E-state index contributed by atoms with van der Waals surface area (Å²) < 4.78 is 13.0. The number of nitrogens with one attached hydrogen (secondary N) is 2. The summed E-state index contributed by atoms with van der Waals surface area (Å²) in [5.74, 6) is 1.93. The maximum atomic E-state index is 13.0. The van der Waals surface area contributed by atoms with Gasteiger partial charge in [0.25, 0.3) is 0 Å².